The number of esters is 2. The molecule has 0 spiro atoms. The van der Waals surface area contributed by atoms with Gasteiger partial charge in [-0.05, 0) is 57.2 Å². The number of imidazole rings is 1. The molecule has 0 fully saturated rings. The third-order valence-corrected chi connectivity index (χ3v) is 4.90. The van der Waals surface area contributed by atoms with Crippen molar-refractivity contribution in [2.24, 2.45) is 0 Å². The maximum atomic E-state index is 13.3. The minimum atomic E-state index is -0.746. The summed E-state index contributed by atoms with van der Waals surface area (Å²) in [5.74, 6) is -0.996. The van der Waals surface area contributed by atoms with Gasteiger partial charge in [-0.3, -0.25) is 14.2 Å². The van der Waals surface area contributed by atoms with E-state index >= 15 is 0 Å². The number of hydrogen-bond donors (Lipinski definition) is 1. The molecule has 0 bridgehead atoms. The Morgan fingerprint density at radius 3 is 2.18 bits per heavy atom. The molecule has 1 amide bonds. The Bertz CT molecular complexity index is 1170. The molecule has 178 valence electrons. The molecule has 1 N–H and O–H groups in total. The van der Waals surface area contributed by atoms with E-state index in [1.807, 2.05) is 31.2 Å². The van der Waals surface area contributed by atoms with Crippen LogP contribution in [0.1, 0.15) is 40.4 Å². The zero-order valence-electron chi connectivity index (χ0n) is 19.6. The topological polar surface area (TPSA) is 109 Å². The molecule has 0 aliphatic carbocycles. The SMILES string of the molecule is CCOC(=O)CNC(=O)c1c(C(=O)OCC)nc(-c2ccc(OC)cc2)n1-c1ccc(C)cc1. The lowest BCUT2D eigenvalue weighted by atomic mass is 10.1. The summed E-state index contributed by atoms with van der Waals surface area (Å²) in [6, 6.07) is 14.5. The Balaban J connectivity index is 2.20. The Morgan fingerprint density at radius 1 is 0.941 bits per heavy atom. The lowest BCUT2D eigenvalue weighted by molar-refractivity contribution is -0.141. The molecule has 2 aromatic carbocycles. The highest BCUT2D eigenvalue weighted by Gasteiger charge is 2.30. The van der Waals surface area contributed by atoms with E-state index < -0.39 is 17.8 Å². The minimum Gasteiger partial charge on any atom is -0.497 e. The van der Waals surface area contributed by atoms with Gasteiger partial charge in [-0.15, -0.1) is 0 Å². The number of methoxy groups -OCH3 is 1. The van der Waals surface area contributed by atoms with Crippen LogP contribution in [0.4, 0.5) is 0 Å². The van der Waals surface area contributed by atoms with E-state index in [9.17, 15) is 14.4 Å². The number of aromatic nitrogens is 2. The Hall–Kier alpha value is -4.14. The number of carbonyl (C=O) groups excluding carboxylic acids is 3. The Morgan fingerprint density at radius 2 is 1.59 bits per heavy atom. The average Bonchev–Trinajstić information content (AvgIpc) is 3.24. The van der Waals surface area contributed by atoms with Crippen LogP contribution >= 0.6 is 0 Å². The third kappa shape index (κ3) is 5.43. The summed E-state index contributed by atoms with van der Waals surface area (Å²) in [5, 5.41) is 2.52. The van der Waals surface area contributed by atoms with Crippen molar-refractivity contribution in [3.63, 3.8) is 0 Å². The standard InChI is InChI=1S/C25H27N3O6/c1-5-33-20(29)15-26-24(30)22-21(25(31)34-6-2)27-23(17-9-13-19(32-4)14-10-17)28(22)18-11-7-16(3)8-12-18/h7-14H,5-6,15H2,1-4H3,(H,26,30). The molecule has 9 heteroatoms. The predicted octanol–water partition coefficient (Wildman–Crippen LogP) is 3.33. The van der Waals surface area contributed by atoms with Crippen molar-refractivity contribution < 1.29 is 28.6 Å². The van der Waals surface area contributed by atoms with Crippen molar-refractivity contribution >= 4 is 17.8 Å². The lowest BCUT2D eigenvalue weighted by Crippen LogP contribution is -2.33. The lowest BCUT2D eigenvalue weighted by Gasteiger charge is -2.13. The number of amides is 1. The first-order valence-electron chi connectivity index (χ1n) is 10.8. The molecule has 3 aromatic rings. The maximum absolute atomic E-state index is 13.3. The van der Waals surface area contributed by atoms with E-state index in [2.05, 4.69) is 10.3 Å². The smallest absolute Gasteiger partial charge is 0.359 e. The molecule has 3 rings (SSSR count). The number of ether oxygens (including phenoxy) is 3. The summed E-state index contributed by atoms with van der Waals surface area (Å²) in [6.45, 7) is 5.22. The van der Waals surface area contributed by atoms with Crippen molar-refractivity contribution in [3.05, 3.63) is 65.5 Å². The van der Waals surface area contributed by atoms with E-state index in [0.29, 0.717) is 22.8 Å². The number of nitrogens with zero attached hydrogens (tertiary/aromatic N) is 2. The fourth-order valence-corrected chi connectivity index (χ4v) is 3.30. The molecule has 1 heterocycles. The molecule has 9 nitrogen and oxygen atoms in total. The molecule has 34 heavy (non-hydrogen) atoms. The van der Waals surface area contributed by atoms with Crippen LogP contribution in [0.3, 0.4) is 0 Å². The highest BCUT2D eigenvalue weighted by atomic mass is 16.5. The van der Waals surface area contributed by atoms with Crippen LogP contribution in [-0.2, 0) is 14.3 Å². The average molecular weight is 466 g/mol. The zero-order valence-corrected chi connectivity index (χ0v) is 19.6. The van der Waals surface area contributed by atoms with Crippen molar-refractivity contribution in [3.8, 4) is 22.8 Å². The zero-order chi connectivity index (χ0) is 24.7. The van der Waals surface area contributed by atoms with Gasteiger partial charge in [-0.1, -0.05) is 17.7 Å². The fraction of sp³-hybridized carbons (Fsp3) is 0.280. The first kappa shape index (κ1) is 24.5. The quantitative estimate of drug-likeness (QED) is 0.483. The van der Waals surface area contributed by atoms with E-state index in [0.717, 1.165) is 5.56 Å². The first-order chi connectivity index (χ1) is 16.4. The summed E-state index contributed by atoms with van der Waals surface area (Å²) < 4.78 is 16.9. The van der Waals surface area contributed by atoms with Crippen LogP contribution in [0, 0.1) is 6.92 Å². The Labute approximate surface area is 197 Å². The summed E-state index contributed by atoms with van der Waals surface area (Å²) >= 11 is 0. The summed E-state index contributed by atoms with van der Waals surface area (Å²) in [6.07, 6.45) is 0. The minimum absolute atomic E-state index is 0.0441. The second-order valence-electron chi connectivity index (χ2n) is 7.24. The van der Waals surface area contributed by atoms with Gasteiger partial charge in [0, 0.05) is 11.3 Å². The van der Waals surface area contributed by atoms with E-state index in [1.165, 1.54) is 0 Å². The molecular weight excluding hydrogens is 438 g/mol. The van der Waals surface area contributed by atoms with Gasteiger partial charge in [0.05, 0.1) is 20.3 Å². The molecule has 0 aliphatic rings. The van der Waals surface area contributed by atoms with E-state index in [1.54, 1.807) is 49.8 Å². The molecule has 0 saturated carbocycles. The van der Waals surface area contributed by atoms with Gasteiger partial charge < -0.3 is 19.5 Å². The Kier molecular flexibility index (Phi) is 8.02. The summed E-state index contributed by atoms with van der Waals surface area (Å²) in [7, 11) is 1.56. The van der Waals surface area contributed by atoms with Crippen LogP contribution in [0.5, 0.6) is 5.75 Å². The normalized spacial score (nSPS) is 10.5. The second-order valence-corrected chi connectivity index (χ2v) is 7.24. The number of benzene rings is 2. The second kappa shape index (κ2) is 11.1. The third-order valence-electron chi connectivity index (χ3n) is 4.90. The van der Waals surface area contributed by atoms with Crippen LogP contribution in [0.15, 0.2) is 48.5 Å². The number of aryl methyl sites for hydroxylation is 1. The monoisotopic (exact) mass is 465 g/mol. The highest BCUT2D eigenvalue weighted by molar-refractivity contribution is 6.05. The summed E-state index contributed by atoms with van der Waals surface area (Å²) in [4.78, 5) is 42.4. The van der Waals surface area contributed by atoms with E-state index in [4.69, 9.17) is 14.2 Å². The van der Waals surface area contributed by atoms with Crippen LogP contribution in [-0.4, -0.2) is 54.3 Å². The maximum Gasteiger partial charge on any atom is 0.359 e. The van der Waals surface area contributed by atoms with Crippen LogP contribution in [0.25, 0.3) is 17.1 Å². The molecule has 0 saturated heterocycles. The van der Waals surface area contributed by atoms with Crippen molar-refractivity contribution in [1.29, 1.82) is 0 Å². The molecule has 1 aromatic heterocycles. The summed E-state index contributed by atoms with van der Waals surface area (Å²) in [5.41, 5.74) is 2.08. The van der Waals surface area contributed by atoms with Gasteiger partial charge in [0.1, 0.15) is 23.8 Å². The van der Waals surface area contributed by atoms with Gasteiger partial charge in [-0.2, -0.15) is 0 Å². The van der Waals surface area contributed by atoms with E-state index in [-0.39, 0.29) is 31.1 Å². The van der Waals surface area contributed by atoms with Gasteiger partial charge in [0.25, 0.3) is 5.91 Å². The van der Waals surface area contributed by atoms with Gasteiger partial charge >= 0.3 is 11.9 Å². The molecule has 0 atom stereocenters. The number of hydrogen-bond acceptors (Lipinski definition) is 7. The molecule has 0 aliphatic heterocycles. The van der Waals surface area contributed by atoms with Crippen molar-refractivity contribution in [1.82, 2.24) is 14.9 Å². The highest BCUT2D eigenvalue weighted by Crippen LogP contribution is 2.29. The van der Waals surface area contributed by atoms with Crippen molar-refractivity contribution in [2.45, 2.75) is 20.8 Å². The first-order valence-corrected chi connectivity index (χ1v) is 10.8. The number of rotatable bonds is 9. The van der Waals surface area contributed by atoms with Crippen LogP contribution < -0.4 is 10.1 Å². The van der Waals surface area contributed by atoms with Crippen molar-refractivity contribution in [2.75, 3.05) is 26.9 Å². The number of carbonyl (C=O) groups is 3. The predicted molar refractivity (Wildman–Crippen MR) is 125 cm³/mol. The van der Waals surface area contributed by atoms with Gasteiger partial charge in [0.15, 0.2) is 5.69 Å². The van der Waals surface area contributed by atoms with Crippen LogP contribution in [0.2, 0.25) is 0 Å². The molecule has 0 radical (unpaired) electrons. The fourth-order valence-electron chi connectivity index (χ4n) is 3.30. The largest absolute Gasteiger partial charge is 0.497 e. The number of nitrogens with one attached hydrogen (secondary N) is 1. The van der Waals surface area contributed by atoms with Gasteiger partial charge in [-0.25, -0.2) is 9.78 Å². The van der Waals surface area contributed by atoms with Gasteiger partial charge in [0.2, 0.25) is 0 Å². The molecular formula is C25H27N3O6. The molecule has 0 unspecified atom stereocenters.